The first-order valence-electron chi connectivity index (χ1n) is 8.21. The number of benzene rings is 1. The summed E-state index contributed by atoms with van der Waals surface area (Å²) < 4.78 is 0. The quantitative estimate of drug-likeness (QED) is 0.913. The maximum absolute atomic E-state index is 13.2. The van der Waals surface area contributed by atoms with Crippen LogP contribution in [-0.2, 0) is 16.0 Å². The molecular weight excluding hydrogens is 278 g/mol. The van der Waals surface area contributed by atoms with E-state index >= 15 is 0 Å². The van der Waals surface area contributed by atoms with Gasteiger partial charge >= 0.3 is 5.97 Å². The molecule has 2 fully saturated rings. The molecule has 0 radical (unpaired) electrons. The Morgan fingerprint density at radius 1 is 1.14 bits per heavy atom. The topological polar surface area (TPSA) is 57.6 Å². The number of nitrogens with zero attached hydrogens (tertiary/aromatic N) is 1. The molecule has 3 aliphatic rings. The maximum atomic E-state index is 13.2. The van der Waals surface area contributed by atoms with Gasteiger partial charge in [-0.3, -0.25) is 9.59 Å². The summed E-state index contributed by atoms with van der Waals surface area (Å²) in [7, 11) is 0. The fourth-order valence-corrected chi connectivity index (χ4v) is 5.06. The van der Waals surface area contributed by atoms with Crippen LogP contribution in [0.5, 0.6) is 0 Å². The molecule has 4 nitrogen and oxygen atoms in total. The third kappa shape index (κ3) is 1.82. The third-order valence-electron chi connectivity index (χ3n) is 5.93. The van der Waals surface area contributed by atoms with Crippen molar-refractivity contribution in [3.63, 3.8) is 0 Å². The number of para-hydroxylation sites is 1. The van der Waals surface area contributed by atoms with Crippen molar-refractivity contribution in [1.29, 1.82) is 0 Å². The average molecular weight is 299 g/mol. The second-order valence-corrected chi connectivity index (χ2v) is 7.11. The lowest BCUT2D eigenvalue weighted by Crippen LogP contribution is -2.46. The fourth-order valence-electron chi connectivity index (χ4n) is 5.06. The van der Waals surface area contributed by atoms with Crippen molar-refractivity contribution in [2.24, 2.45) is 23.7 Å². The number of hydrogen-bond donors (Lipinski definition) is 1. The number of fused-ring (bicyclic) bond motifs is 3. The summed E-state index contributed by atoms with van der Waals surface area (Å²) in [5.41, 5.74) is 2.17. The minimum absolute atomic E-state index is 0.0389. The van der Waals surface area contributed by atoms with Crippen LogP contribution in [0.25, 0.3) is 0 Å². The van der Waals surface area contributed by atoms with E-state index in [0.717, 1.165) is 31.4 Å². The molecule has 0 saturated heterocycles. The molecule has 1 N–H and O–H groups in total. The number of anilines is 1. The zero-order chi connectivity index (χ0) is 15.4. The van der Waals surface area contributed by atoms with Crippen molar-refractivity contribution in [3.8, 4) is 0 Å². The van der Waals surface area contributed by atoms with Crippen LogP contribution in [0.2, 0.25) is 0 Å². The van der Waals surface area contributed by atoms with E-state index in [1.165, 1.54) is 5.56 Å². The van der Waals surface area contributed by atoms with E-state index in [-0.39, 0.29) is 29.7 Å². The molecule has 1 aromatic rings. The van der Waals surface area contributed by atoms with Gasteiger partial charge in [0.2, 0.25) is 5.91 Å². The zero-order valence-electron chi connectivity index (χ0n) is 12.7. The van der Waals surface area contributed by atoms with Crippen LogP contribution >= 0.6 is 0 Å². The molecule has 2 saturated carbocycles. The molecule has 116 valence electrons. The minimum atomic E-state index is -0.786. The Kier molecular flexibility index (Phi) is 3.03. The van der Waals surface area contributed by atoms with Gasteiger partial charge in [0.1, 0.15) is 0 Å². The summed E-state index contributed by atoms with van der Waals surface area (Å²) >= 11 is 0. The molecule has 2 aliphatic carbocycles. The summed E-state index contributed by atoms with van der Waals surface area (Å²) in [5.74, 6) is -1.10. The van der Waals surface area contributed by atoms with Crippen LogP contribution in [0.1, 0.15) is 31.7 Å². The number of hydrogen-bond acceptors (Lipinski definition) is 2. The molecule has 0 spiro atoms. The van der Waals surface area contributed by atoms with Gasteiger partial charge in [-0.15, -0.1) is 0 Å². The Morgan fingerprint density at radius 2 is 1.82 bits per heavy atom. The predicted octanol–water partition coefficient (Wildman–Crippen LogP) is 2.71. The van der Waals surface area contributed by atoms with E-state index in [1.807, 2.05) is 23.1 Å². The van der Waals surface area contributed by atoms with Gasteiger partial charge in [0.25, 0.3) is 0 Å². The normalized spacial score (nSPS) is 35.7. The van der Waals surface area contributed by atoms with E-state index < -0.39 is 11.9 Å². The maximum Gasteiger partial charge on any atom is 0.307 e. The first-order valence-corrected chi connectivity index (χ1v) is 8.21. The smallest absolute Gasteiger partial charge is 0.307 e. The van der Waals surface area contributed by atoms with Crippen molar-refractivity contribution in [2.45, 2.75) is 38.6 Å². The summed E-state index contributed by atoms with van der Waals surface area (Å²) in [4.78, 5) is 26.7. The van der Waals surface area contributed by atoms with Gasteiger partial charge in [-0.2, -0.15) is 0 Å². The lowest BCUT2D eigenvalue weighted by atomic mass is 9.78. The number of carboxylic acids is 1. The molecular formula is C18H21NO3. The highest BCUT2D eigenvalue weighted by molar-refractivity contribution is 6.00. The Bertz CT molecular complexity index is 641. The van der Waals surface area contributed by atoms with E-state index in [9.17, 15) is 14.7 Å². The molecule has 1 heterocycles. The molecule has 4 rings (SSSR count). The Labute approximate surface area is 130 Å². The number of carbonyl (C=O) groups excluding carboxylic acids is 1. The van der Waals surface area contributed by atoms with Gasteiger partial charge in [-0.1, -0.05) is 18.2 Å². The summed E-state index contributed by atoms with van der Waals surface area (Å²) in [5, 5.41) is 9.59. The lowest BCUT2D eigenvalue weighted by molar-refractivity contribution is -0.149. The van der Waals surface area contributed by atoms with Gasteiger partial charge in [-0.05, 0) is 56.1 Å². The van der Waals surface area contributed by atoms with E-state index in [1.54, 1.807) is 0 Å². The first kappa shape index (κ1) is 13.8. The van der Waals surface area contributed by atoms with Crippen LogP contribution < -0.4 is 4.90 Å². The SMILES string of the molecule is C[C@@H]1Cc2ccccc2N1C(=O)[C@H]1[C@H]2CC[C@@H](C2)[C@@H]1C(=O)O. The summed E-state index contributed by atoms with van der Waals surface area (Å²) in [6.07, 6.45) is 3.75. The molecule has 0 aromatic heterocycles. The highest BCUT2D eigenvalue weighted by Crippen LogP contribution is 2.53. The molecule has 2 bridgehead atoms. The second-order valence-electron chi connectivity index (χ2n) is 7.11. The van der Waals surface area contributed by atoms with Gasteiger partial charge < -0.3 is 10.0 Å². The van der Waals surface area contributed by atoms with Crippen LogP contribution in [0.4, 0.5) is 5.69 Å². The van der Waals surface area contributed by atoms with Gasteiger partial charge in [0, 0.05) is 11.7 Å². The van der Waals surface area contributed by atoms with Gasteiger partial charge in [-0.25, -0.2) is 0 Å². The molecule has 0 unspecified atom stereocenters. The second kappa shape index (κ2) is 4.83. The largest absolute Gasteiger partial charge is 0.481 e. The molecule has 5 atom stereocenters. The van der Waals surface area contributed by atoms with E-state index in [4.69, 9.17) is 0 Å². The Balaban J connectivity index is 1.68. The molecule has 4 heteroatoms. The van der Waals surface area contributed by atoms with Crippen LogP contribution in [0.15, 0.2) is 24.3 Å². The standard InChI is InChI=1S/C18H21NO3/c1-10-8-11-4-2-3-5-14(11)19(10)17(20)15-12-6-7-13(9-12)16(15)18(21)22/h2-5,10,12-13,15-16H,6-9H2,1H3,(H,21,22)/t10-,12+,13+,15+,16+/m1/s1. The van der Waals surface area contributed by atoms with Crippen molar-refractivity contribution < 1.29 is 14.7 Å². The molecule has 1 amide bonds. The monoisotopic (exact) mass is 299 g/mol. The molecule has 1 aromatic carbocycles. The number of rotatable bonds is 2. The number of carbonyl (C=O) groups is 2. The van der Waals surface area contributed by atoms with Crippen molar-refractivity contribution in [3.05, 3.63) is 29.8 Å². The van der Waals surface area contributed by atoms with Crippen molar-refractivity contribution >= 4 is 17.6 Å². The van der Waals surface area contributed by atoms with Crippen LogP contribution in [0.3, 0.4) is 0 Å². The van der Waals surface area contributed by atoms with Gasteiger partial charge in [0.05, 0.1) is 11.8 Å². The summed E-state index contributed by atoms with van der Waals surface area (Å²) in [6.45, 7) is 2.06. The van der Waals surface area contributed by atoms with E-state index in [0.29, 0.717) is 0 Å². The summed E-state index contributed by atoms with van der Waals surface area (Å²) in [6, 6.07) is 8.12. The first-order chi connectivity index (χ1) is 10.6. The fraction of sp³-hybridized carbons (Fsp3) is 0.556. The van der Waals surface area contributed by atoms with Crippen molar-refractivity contribution in [1.82, 2.24) is 0 Å². The molecule has 1 aliphatic heterocycles. The van der Waals surface area contributed by atoms with Crippen LogP contribution in [-0.4, -0.2) is 23.0 Å². The lowest BCUT2D eigenvalue weighted by Gasteiger charge is -2.33. The Morgan fingerprint density at radius 3 is 2.55 bits per heavy atom. The predicted molar refractivity (Wildman–Crippen MR) is 82.5 cm³/mol. The van der Waals surface area contributed by atoms with Crippen molar-refractivity contribution in [2.75, 3.05) is 4.90 Å². The van der Waals surface area contributed by atoms with E-state index in [2.05, 4.69) is 13.0 Å². The Hall–Kier alpha value is -1.84. The third-order valence-corrected chi connectivity index (χ3v) is 5.93. The van der Waals surface area contributed by atoms with Gasteiger partial charge in [0.15, 0.2) is 0 Å². The number of aliphatic carboxylic acids is 1. The van der Waals surface area contributed by atoms with Crippen LogP contribution in [0, 0.1) is 23.7 Å². The molecule has 22 heavy (non-hydrogen) atoms. The highest BCUT2D eigenvalue weighted by Gasteiger charge is 2.55. The number of carboxylic acid groups (broad SMARTS) is 1. The zero-order valence-corrected chi connectivity index (χ0v) is 12.7. The highest BCUT2D eigenvalue weighted by atomic mass is 16.4. The number of amides is 1. The minimum Gasteiger partial charge on any atom is -0.481 e. The average Bonchev–Trinajstić information content (AvgIpc) is 3.17.